The van der Waals surface area contributed by atoms with Gasteiger partial charge in [0.05, 0.1) is 33.8 Å². The molecule has 2 N–H and O–H groups in total. The molecule has 138 valence electrons. The van der Waals surface area contributed by atoms with Crippen LogP contribution in [-0.4, -0.2) is 47.9 Å². The van der Waals surface area contributed by atoms with E-state index in [1.807, 2.05) is 0 Å². The predicted molar refractivity (Wildman–Crippen MR) is 91.5 cm³/mol. The summed E-state index contributed by atoms with van der Waals surface area (Å²) in [5, 5.41) is 9.38. The third-order valence-corrected chi connectivity index (χ3v) is 3.99. The number of methoxy groups -OCH3 is 3. The van der Waals surface area contributed by atoms with Crippen molar-refractivity contribution >= 4 is 23.5 Å². The van der Waals surface area contributed by atoms with Crippen LogP contribution in [0.4, 0.5) is 11.6 Å². The minimum atomic E-state index is -0.536. The first-order valence-corrected chi connectivity index (χ1v) is 7.84. The molecule has 1 unspecified atom stereocenters. The van der Waals surface area contributed by atoms with E-state index in [4.69, 9.17) is 14.2 Å². The number of carbonyl (C=O) groups excluding carboxylic acids is 2. The van der Waals surface area contributed by atoms with Crippen molar-refractivity contribution in [1.29, 1.82) is 0 Å². The molecule has 2 aromatic rings. The zero-order chi connectivity index (χ0) is 18.7. The van der Waals surface area contributed by atoms with E-state index in [0.29, 0.717) is 35.4 Å². The minimum Gasteiger partial charge on any atom is -0.493 e. The molecule has 1 aromatic carbocycles. The van der Waals surface area contributed by atoms with Crippen molar-refractivity contribution in [2.45, 2.75) is 13.0 Å². The van der Waals surface area contributed by atoms with Gasteiger partial charge >= 0.3 is 0 Å². The second-order valence-corrected chi connectivity index (χ2v) is 5.62. The molecule has 2 amide bonds. The van der Waals surface area contributed by atoms with E-state index in [0.717, 1.165) is 0 Å². The number of fused-ring (bicyclic) bond motifs is 1. The Morgan fingerprint density at radius 1 is 1.27 bits per heavy atom. The van der Waals surface area contributed by atoms with E-state index in [1.165, 1.54) is 27.7 Å². The maximum absolute atomic E-state index is 12.4. The largest absolute Gasteiger partial charge is 0.493 e. The monoisotopic (exact) mass is 361 g/mol. The van der Waals surface area contributed by atoms with Gasteiger partial charge in [0.25, 0.3) is 0 Å². The van der Waals surface area contributed by atoms with Crippen LogP contribution in [0, 0.1) is 5.92 Å². The summed E-state index contributed by atoms with van der Waals surface area (Å²) in [4.78, 5) is 28.4. The quantitative estimate of drug-likeness (QED) is 0.785. The molecule has 1 aliphatic rings. The number of anilines is 2. The van der Waals surface area contributed by atoms with E-state index in [9.17, 15) is 9.59 Å². The van der Waals surface area contributed by atoms with Gasteiger partial charge in [-0.05, 0) is 0 Å². The zero-order valence-corrected chi connectivity index (χ0v) is 14.6. The number of aromatic nitrogens is 3. The Balaban J connectivity index is 1.71. The molecule has 0 spiro atoms. The zero-order valence-electron chi connectivity index (χ0n) is 14.6. The normalized spacial score (nSPS) is 15.7. The van der Waals surface area contributed by atoms with Crippen LogP contribution < -0.4 is 24.8 Å². The highest BCUT2D eigenvalue weighted by atomic mass is 16.5. The maximum atomic E-state index is 12.4. The van der Waals surface area contributed by atoms with Gasteiger partial charge in [0.15, 0.2) is 11.5 Å². The molecule has 0 aliphatic carbocycles. The number of rotatable bonds is 6. The molecule has 10 heteroatoms. The molecule has 0 bridgehead atoms. The van der Waals surface area contributed by atoms with E-state index in [-0.39, 0.29) is 18.2 Å². The van der Waals surface area contributed by atoms with Gasteiger partial charge in [0.1, 0.15) is 6.33 Å². The van der Waals surface area contributed by atoms with Crippen LogP contribution in [0.5, 0.6) is 17.2 Å². The lowest BCUT2D eigenvalue weighted by atomic mass is 10.0. The van der Waals surface area contributed by atoms with E-state index >= 15 is 0 Å². The molecular formula is C16H19N5O5. The third kappa shape index (κ3) is 3.39. The number of benzene rings is 1. The van der Waals surface area contributed by atoms with Crippen molar-refractivity contribution in [1.82, 2.24) is 14.8 Å². The van der Waals surface area contributed by atoms with Gasteiger partial charge in [-0.25, -0.2) is 4.68 Å². The molecule has 0 fully saturated rings. The summed E-state index contributed by atoms with van der Waals surface area (Å²) >= 11 is 0. The number of hydrogen-bond acceptors (Lipinski definition) is 7. The highest BCUT2D eigenvalue weighted by molar-refractivity contribution is 5.98. The van der Waals surface area contributed by atoms with Crippen LogP contribution in [0.15, 0.2) is 18.5 Å². The molecule has 2 heterocycles. The summed E-state index contributed by atoms with van der Waals surface area (Å²) < 4.78 is 17.3. The van der Waals surface area contributed by atoms with Crippen LogP contribution in [0.1, 0.15) is 6.42 Å². The Morgan fingerprint density at radius 3 is 2.58 bits per heavy atom. The molecule has 1 aromatic heterocycles. The second-order valence-electron chi connectivity index (χ2n) is 5.62. The first kappa shape index (κ1) is 17.5. The molecule has 1 atom stereocenters. The fourth-order valence-electron chi connectivity index (χ4n) is 2.74. The maximum Gasteiger partial charge on any atom is 0.232 e. The number of carbonyl (C=O) groups is 2. The van der Waals surface area contributed by atoms with Crippen LogP contribution in [0.2, 0.25) is 0 Å². The van der Waals surface area contributed by atoms with Gasteiger partial charge < -0.3 is 19.5 Å². The average molecular weight is 361 g/mol. The number of hydrogen-bond donors (Lipinski definition) is 2. The fraction of sp³-hybridized carbons (Fsp3) is 0.375. The highest BCUT2D eigenvalue weighted by Gasteiger charge is 2.29. The molecule has 3 rings (SSSR count). The topological polar surface area (TPSA) is 117 Å². The Labute approximate surface area is 149 Å². The summed E-state index contributed by atoms with van der Waals surface area (Å²) in [6.45, 7) is 0.295. The van der Waals surface area contributed by atoms with E-state index < -0.39 is 5.92 Å². The predicted octanol–water partition coefficient (Wildman–Crippen LogP) is 0.901. The smallest absolute Gasteiger partial charge is 0.232 e. The lowest BCUT2D eigenvalue weighted by Gasteiger charge is -2.22. The van der Waals surface area contributed by atoms with Gasteiger partial charge in [-0.1, -0.05) is 0 Å². The Hall–Kier alpha value is -3.30. The molecule has 10 nitrogen and oxygen atoms in total. The van der Waals surface area contributed by atoms with Crippen molar-refractivity contribution in [3.8, 4) is 17.2 Å². The van der Waals surface area contributed by atoms with Gasteiger partial charge in [-0.15, -0.1) is 0 Å². The van der Waals surface area contributed by atoms with E-state index in [2.05, 4.69) is 20.7 Å². The number of nitrogens with one attached hydrogen (secondary N) is 2. The lowest BCUT2D eigenvalue weighted by molar-refractivity contribution is -0.125. The summed E-state index contributed by atoms with van der Waals surface area (Å²) in [7, 11) is 4.48. The van der Waals surface area contributed by atoms with Crippen LogP contribution >= 0.6 is 0 Å². The first-order valence-electron chi connectivity index (χ1n) is 7.84. The van der Waals surface area contributed by atoms with E-state index in [1.54, 1.807) is 16.8 Å². The molecule has 26 heavy (non-hydrogen) atoms. The van der Waals surface area contributed by atoms with Crippen molar-refractivity contribution in [2.24, 2.45) is 5.92 Å². The average Bonchev–Trinajstić information content (AvgIpc) is 3.08. The third-order valence-electron chi connectivity index (χ3n) is 3.99. The summed E-state index contributed by atoms with van der Waals surface area (Å²) in [6, 6.07) is 3.24. The van der Waals surface area contributed by atoms with Gasteiger partial charge in [0.2, 0.25) is 23.5 Å². The SMILES string of the molecule is COc1cc(NC(=O)CC2Cn3ncnc3NC2=O)cc(OC)c1OC. The Morgan fingerprint density at radius 2 is 1.96 bits per heavy atom. The van der Waals surface area contributed by atoms with Gasteiger partial charge in [-0.2, -0.15) is 10.1 Å². The van der Waals surface area contributed by atoms with Gasteiger partial charge in [0, 0.05) is 24.2 Å². The standard InChI is InChI=1S/C16H19N5O5/c1-24-11-5-10(6-12(25-2)14(11)26-3)19-13(22)4-9-7-21-16(17-8-18-21)20-15(9)23/h5-6,8-9H,4,7H2,1-3H3,(H,19,22)(H,17,18,20,23). The van der Waals surface area contributed by atoms with Crippen LogP contribution in [0.25, 0.3) is 0 Å². The first-order chi connectivity index (χ1) is 12.5. The number of amides is 2. The highest BCUT2D eigenvalue weighted by Crippen LogP contribution is 2.40. The lowest BCUT2D eigenvalue weighted by Crippen LogP contribution is -2.36. The summed E-state index contributed by atoms with van der Waals surface area (Å²) in [5.41, 5.74) is 0.474. The van der Waals surface area contributed by atoms with Crippen molar-refractivity contribution in [2.75, 3.05) is 32.0 Å². The molecule has 0 saturated carbocycles. The van der Waals surface area contributed by atoms with Gasteiger partial charge in [-0.3, -0.25) is 14.9 Å². The van der Waals surface area contributed by atoms with Crippen molar-refractivity contribution in [3.63, 3.8) is 0 Å². The van der Waals surface area contributed by atoms with Crippen molar-refractivity contribution in [3.05, 3.63) is 18.5 Å². The number of ether oxygens (including phenoxy) is 3. The second kappa shape index (κ2) is 7.30. The molecule has 0 radical (unpaired) electrons. The molecule has 0 saturated heterocycles. The molecule has 1 aliphatic heterocycles. The number of nitrogens with zero attached hydrogens (tertiary/aromatic N) is 3. The molecular weight excluding hydrogens is 342 g/mol. The van der Waals surface area contributed by atoms with Crippen LogP contribution in [-0.2, 0) is 16.1 Å². The Bertz CT molecular complexity index is 809. The van der Waals surface area contributed by atoms with Crippen molar-refractivity contribution < 1.29 is 23.8 Å². The summed E-state index contributed by atoms with van der Waals surface area (Å²) in [6.07, 6.45) is 1.36. The Kier molecular flexibility index (Phi) is 4.92. The minimum absolute atomic E-state index is 0.00178. The fourth-order valence-corrected chi connectivity index (χ4v) is 2.74. The van der Waals surface area contributed by atoms with Crippen LogP contribution in [0.3, 0.4) is 0 Å². The summed E-state index contributed by atoms with van der Waals surface area (Å²) in [5.74, 6) is 0.545.